The molecule has 14 heavy (non-hydrogen) atoms. The number of aromatic nitrogens is 1. The fourth-order valence-corrected chi connectivity index (χ4v) is 1.50. The standard InChI is InChI=1S/C8H11NS.2C2H6/c1-3-5-7-6-9-10-8(7)4-2;2*1-2/h3,5-6H,4H2,1-2H3;2*1-2H3/b5-3-;;. The van der Waals surface area contributed by atoms with E-state index in [4.69, 9.17) is 0 Å². The summed E-state index contributed by atoms with van der Waals surface area (Å²) in [7, 11) is 0. The molecule has 1 aromatic rings. The maximum atomic E-state index is 4.10. The lowest BCUT2D eigenvalue weighted by Gasteiger charge is -1.88. The van der Waals surface area contributed by atoms with Gasteiger partial charge in [0.2, 0.25) is 0 Å². The van der Waals surface area contributed by atoms with Crippen LogP contribution in [0.5, 0.6) is 0 Å². The smallest absolute Gasteiger partial charge is 0.0482 e. The molecule has 0 atom stereocenters. The quantitative estimate of drug-likeness (QED) is 0.688. The summed E-state index contributed by atoms with van der Waals surface area (Å²) < 4.78 is 4.10. The van der Waals surface area contributed by atoms with Crippen molar-refractivity contribution in [3.05, 3.63) is 22.7 Å². The van der Waals surface area contributed by atoms with Crippen molar-refractivity contribution in [1.29, 1.82) is 0 Å². The minimum atomic E-state index is 1.09. The van der Waals surface area contributed by atoms with E-state index in [-0.39, 0.29) is 0 Å². The summed E-state index contributed by atoms with van der Waals surface area (Å²) in [4.78, 5) is 1.37. The van der Waals surface area contributed by atoms with Crippen LogP contribution in [0.3, 0.4) is 0 Å². The SMILES string of the molecule is C/C=C\c1cnsc1CC.CC.CC. The highest BCUT2D eigenvalue weighted by atomic mass is 32.1. The van der Waals surface area contributed by atoms with Crippen LogP contribution in [-0.4, -0.2) is 4.37 Å². The number of rotatable bonds is 2. The van der Waals surface area contributed by atoms with Gasteiger partial charge in [-0.1, -0.05) is 46.8 Å². The Labute approximate surface area is 93.0 Å². The van der Waals surface area contributed by atoms with Gasteiger partial charge in [-0.3, -0.25) is 0 Å². The van der Waals surface area contributed by atoms with E-state index in [1.807, 2.05) is 46.9 Å². The van der Waals surface area contributed by atoms with E-state index in [1.165, 1.54) is 10.4 Å². The van der Waals surface area contributed by atoms with Crippen molar-refractivity contribution >= 4 is 17.6 Å². The van der Waals surface area contributed by atoms with E-state index in [0.29, 0.717) is 0 Å². The minimum Gasteiger partial charge on any atom is -0.200 e. The normalized spacial score (nSPS) is 8.71. The van der Waals surface area contributed by atoms with Crippen LogP contribution in [-0.2, 0) is 6.42 Å². The molecule has 0 amide bonds. The third-order valence-corrected chi connectivity index (χ3v) is 2.30. The molecule has 1 aromatic heterocycles. The van der Waals surface area contributed by atoms with Crippen LogP contribution in [0.15, 0.2) is 12.3 Å². The maximum absolute atomic E-state index is 4.10. The number of aryl methyl sites for hydroxylation is 1. The Hall–Kier alpha value is -0.630. The zero-order valence-electron chi connectivity index (χ0n) is 10.3. The fraction of sp³-hybridized carbons (Fsp3) is 0.583. The lowest BCUT2D eigenvalue weighted by molar-refractivity contribution is 1.18. The van der Waals surface area contributed by atoms with Crippen molar-refractivity contribution in [2.24, 2.45) is 0 Å². The minimum absolute atomic E-state index is 1.09. The topological polar surface area (TPSA) is 12.9 Å². The molecule has 0 fully saturated rings. The molecule has 2 heteroatoms. The van der Waals surface area contributed by atoms with Crippen LogP contribution >= 0.6 is 11.5 Å². The van der Waals surface area contributed by atoms with Gasteiger partial charge >= 0.3 is 0 Å². The molecular weight excluding hydrogens is 190 g/mol. The molecule has 0 aliphatic carbocycles. The molecule has 82 valence electrons. The maximum Gasteiger partial charge on any atom is 0.0482 e. The molecule has 0 saturated heterocycles. The van der Waals surface area contributed by atoms with Crippen LogP contribution in [0, 0.1) is 0 Å². The summed E-state index contributed by atoms with van der Waals surface area (Å²) in [6.07, 6.45) is 7.15. The molecule has 0 bridgehead atoms. The zero-order valence-corrected chi connectivity index (χ0v) is 11.1. The molecule has 0 unspecified atom stereocenters. The van der Waals surface area contributed by atoms with E-state index < -0.39 is 0 Å². The van der Waals surface area contributed by atoms with Crippen molar-refractivity contribution in [1.82, 2.24) is 4.37 Å². The number of hydrogen-bond donors (Lipinski definition) is 0. The average molecular weight is 213 g/mol. The Kier molecular flexibility index (Phi) is 14.0. The van der Waals surface area contributed by atoms with Gasteiger partial charge in [0.25, 0.3) is 0 Å². The van der Waals surface area contributed by atoms with Gasteiger partial charge in [-0.15, -0.1) is 0 Å². The molecule has 0 spiro atoms. The molecule has 0 aliphatic rings. The Bertz CT molecular complexity index is 226. The summed E-state index contributed by atoms with van der Waals surface area (Å²) >= 11 is 1.59. The molecule has 0 radical (unpaired) electrons. The van der Waals surface area contributed by atoms with Gasteiger partial charge in [0, 0.05) is 16.6 Å². The van der Waals surface area contributed by atoms with Gasteiger partial charge < -0.3 is 0 Å². The van der Waals surface area contributed by atoms with Crippen molar-refractivity contribution in [2.45, 2.75) is 48.0 Å². The number of allylic oxidation sites excluding steroid dienone is 1. The predicted octanol–water partition coefficient (Wildman–Crippen LogP) is 4.79. The first-order chi connectivity index (χ1) is 6.88. The Balaban J connectivity index is 0. The molecular formula is C12H23NS. The zero-order chi connectivity index (χ0) is 11.4. The van der Waals surface area contributed by atoms with E-state index in [1.54, 1.807) is 11.5 Å². The Morgan fingerprint density at radius 1 is 1.29 bits per heavy atom. The third kappa shape index (κ3) is 5.92. The molecule has 0 saturated carbocycles. The fourth-order valence-electron chi connectivity index (χ4n) is 0.856. The lowest BCUT2D eigenvalue weighted by Crippen LogP contribution is -1.74. The van der Waals surface area contributed by atoms with Gasteiger partial charge in [0.05, 0.1) is 0 Å². The van der Waals surface area contributed by atoms with Crippen LogP contribution in [0.1, 0.15) is 52.0 Å². The highest BCUT2D eigenvalue weighted by molar-refractivity contribution is 7.05. The van der Waals surface area contributed by atoms with Crippen LogP contribution in [0.25, 0.3) is 6.08 Å². The lowest BCUT2D eigenvalue weighted by atomic mass is 10.2. The monoisotopic (exact) mass is 213 g/mol. The summed E-state index contributed by atoms with van der Waals surface area (Å²) in [5.74, 6) is 0. The van der Waals surface area contributed by atoms with Crippen molar-refractivity contribution in [2.75, 3.05) is 0 Å². The largest absolute Gasteiger partial charge is 0.200 e. The van der Waals surface area contributed by atoms with Gasteiger partial charge in [0.15, 0.2) is 0 Å². The number of nitrogens with zero attached hydrogens (tertiary/aromatic N) is 1. The van der Waals surface area contributed by atoms with Gasteiger partial charge in [-0.05, 0) is 24.9 Å². The molecule has 1 heterocycles. The highest BCUT2D eigenvalue weighted by Crippen LogP contribution is 2.15. The highest BCUT2D eigenvalue weighted by Gasteiger charge is 1.97. The molecule has 0 N–H and O–H groups in total. The third-order valence-electron chi connectivity index (χ3n) is 1.34. The number of hydrogen-bond acceptors (Lipinski definition) is 2. The summed E-state index contributed by atoms with van der Waals surface area (Å²) in [5.41, 5.74) is 1.27. The molecule has 1 nitrogen and oxygen atoms in total. The second kappa shape index (κ2) is 12.4. The van der Waals surface area contributed by atoms with E-state index in [9.17, 15) is 0 Å². The van der Waals surface area contributed by atoms with E-state index in [0.717, 1.165) is 6.42 Å². The molecule has 0 aliphatic heterocycles. The first-order valence-electron chi connectivity index (χ1n) is 5.44. The van der Waals surface area contributed by atoms with Gasteiger partial charge in [-0.2, -0.15) is 0 Å². The van der Waals surface area contributed by atoms with Crippen molar-refractivity contribution < 1.29 is 0 Å². The van der Waals surface area contributed by atoms with E-state index >= 15 is 0 Å². The predicted molar refractivity (Wildman–Crippen MR) is 68.9 cm³/mol. The van der Waals surface area contributed by atoms with Crippen LogP contribution < -0.4 is 0 Å². The van der Waals surface area contributed by atoms with Crippen LogP contribution in [0.4, 0.5) is 0 Å². The summed E-state index contributed by atoms with van der Waals surface area (Å²) in [6.45, 7) is 12.2. The van der Waals surface area contributed by atoms with Crippen molar-refractivity contribution in [3.8, 4) is 0 Å². The van der Waals surface area contributed by atoms with Crippen molar-refractivity contribution in [3.63, 3.8) is 0 Å². The first-order valence-corrected chi connectivity index (χ1v) is 6.22. The second-order valence-corrected chi connectivity index (χ2v) is 2.94. The summed E-state index contributed by atoms with van der Waals surface area (Å²) in [6, 6.07) is 0. The molecule has 1 rings (SSSR count). The van der Waals surface area contributed by atoms with Crippen LogP contribution in [0.2, 0.25) is 0 Å². The van der Waals surface area contributed by atoms with E-state index in [2.05, 4.69) is 17.4 Å². The molecule has 0 aromatic carbocycles. The Morgan fingerprint density at radius 2 is 1.86 bits per heavy atom. The average Bonchev–Trinajstić information content (AvgIpc) is 2.72. The first kappa shape index (κ1) is 15.8. The summed E-state index contributed by atoms with van der Waals surface area (Å²) in [5, 5.41) is 0. The Morgan fingerprint density at radius 3 is 2.29 bits per heavy atom. The van der Waals surface area contributed by atoms with Gasteiger partial charge in [-0.25, -0.2) is 4.37 Å². The second-order valence-electron chi connectivity index (χ2n) is 2.06. The van der Waals surface area contributed by atoms with Gasteiger partial charge in [0.1, 0.15) is 0 Å².